The number of hydrogen-bond donors (Lipinski definition) is 5. The lowest BCUT2D eigenvalue weighted by Crippen LogP contribution is -2.51. The Balaban J connectivity index is 0.000000217. The number of nitrogens with one attached hydrogen (secondary N) is 2. The molecule has 11 rings (SSSR count). The number of carbonyl (C=O) groups excluding carboxylic acids is 2. The van der Waals surface area contributed by atoms with Crippen LogP contribution in [0.2, 0.25) is 0 Å². The van der Waals surface area contributed by atoms with Gasteiger partial charge in [0.25, 0.3) is 10.1 Å². The van der Waals surface area contributed by atoms with E-state index in [-0.39, 0.29) is 131 Å². The monoisotopic (exact) mass is 1430 g/mol. The molecule has 5 aromatic rings. The van der Waals surface area contributed by atoms with Gasteiger partial charge in [-0.1, -0.05) is 69.7 Å². The minimum Gasteiger partial charge on any atom is -0.491 e. The molecule has 98 heavy (non-hydrogen) atoms. The number of aryl methyl sites for hydroxylation is 1. The summed E-state index contributed by atoms with van der Waals surface area (Å²) in [5.41, 5.74) is 2.37. The van der Waals surface area contributed by atoms with Gasteiger partial charge in [-0.2, -0.15) is 17.0 Å². The van der Waals surface area contributed by atoms with Gasteiger partial charge in [-0.25, -0.2) is 26.4 Å². The third-order valence-electron chi connectivity index (χ3n) is 16.9. The molecule has 0 bridgehead atoms. The molecule has 5 N–H and O–H groups in total. The second-order valence-corrected chi connectivity index (χ2v) is 30.7. The molecule has 0 aromatic heterocycles. The van der Waals surface area contributed by atoms with Gasteiger partial charge in [0.2, 0.25) is 33.6 Å². The van der Waals surface area contributed by atoms with Crippen LogP contribution < -0.4 is 39.1 Å². The third kappa shape index (κ3) is 19.2. The number of carbonyl (C=O) groups is 2. The largest absolute Gasteiger partial charge is 0.491 e. The van der Waals surface area contributed by atoms with E-state index in [1.54, 1.807) is 66.7 Å². The van der Waals surface area contributed by atoms with E-state index in [2.05, 4.69) is 10.6 Å². The fourth-order valence-electron chi connectivity index (χ4n) is 11.9. The smallest absolute Gasteiger partial charge is 0.407 e. The van der Waals surface area contributed by atoms with E-state index >= 15 is 0 Å². The van der Waals surface area contributed by atoms with Crippen LogP contribution in [0, 0.1) is 30.6 Å². The van der Waals surface area contributed by atoms with Gasteiger partial charge in [-0.3, -0.25) is 4.18 Å². The molecular weight excluding hydrogens is 1340 g/mol. The Morgan fingerprint density at radius 1 is 0.531 bits per heavy atom. The van der Waals surface area contributed by atoms with Crippen molar-refractivity contribution < 1.29 is 111 Å². The Morgan fingerprint density at radius 2 is 0.949 bits per heavy atom. The number of sulfonamides is 2. The van der Waals surface area contributed by atoms with E-state index in [0.29, 0.717) is 66.1 Å². The van der Waals surface area contributed by atoms with Crippen LogP contribution in [0.15, 0.2) is 124 Å². The Morgan fingerprint density at radius 3 is 1.38 bits per heavy atom. The zero-order valence-corrected chi connectivity index (χ0v) is 57.5. The second kappa shape index (κ2) is 33.4. The van der Waals surface area contributed by atoms with Crippen LogP contribution in [0.5, 0.6) is 34.5 Å². The standard InChI is InChI=1S/C37H46N2O13S2.C30H40N2O11S/c1-24(2)20-39(53(42,43)29-12-13-33-34(19-29)50-23-49-33)21-32(40)31(38-37(41)52-35-22-48-36-30(35)14-15-47-36)18-26-6-8-27(9-7-26)46-16-17-51-54(44,45)28-10-4-25(3)5-11-28;1-19(2)15-32(44(36,37)22-7-8-26-27(14-22)42-18-41-26)16-25(34)24(13-20-3-5-21(6-4-20)38-12-10-33)31-30(35)43-28-17-40-29-23(28)9-11-39-29/h4-13,19,24,30-32,35-36,40H,14-18,20-23H2,1-3H3,(H,38,41);3-8,14,19,23-25,28-29,33-34H,9-13,15-18H2,1-2H3,(H,31,35)/t30-,31-,32+,35-,36+;23-,24-,25+,28-,29+/m00/s1. The molecular formula is C67H86N4O24S3. The molecule has 6 aliphatic rings. The van der Waals surface area contributed by atoms with Crippen molar-refractivity contribution in [3.05, 3.63) is 126 Å². The van der Waals surface area contributed by atoms with Crippen molar-refractivity contribution in [1.29, 1.82) is 0 Å². The van der Waals surface area contributed by atoms with E-state index in [1.165, 1.54) is 51.1 Å². The molecule has 6 heterocycles. The predicted molar refractivity (Wildman–Crippen MR) is 349 cm³/mol. The number of amides is 2. The average Bonchev–Trinajstić information content (AvgIpc) is 1.39. The number of hydrogen-bond acceptors (Lipinski definition) is 24. The van der Waals surface area contributed by atoms with Crippen LogP contribution in [-0.4, -0.2) is 203 Å². The summed E-state index contributed by atoms with van der Waals surface area (Å²) in [6.45, 7) is 10.1. The van der Waals surface area contributed by atoms with Crippen molar-refractivity contribution in [3.63, 3.8) is 0 Å². The molecule has 0 saturated carbocycles. The quantitative estimate of drug-likeness (QED) is 0.0270. The number of aliphatic hydroxyl groups is 3. The molecule has 31 heteroatoms. The number of alkyl carbamates (subject to hydrolysis) is 2. The third-order valence-corrected chi connectivity index (χ3v) is 21.9. The molecule has 5 aromatic carbocycles. The topological polar surface area (TPSA) is 348 Å². The first-order chi connectivity index (χ1) is 46.9. The maximum Gasteiger partial charge on any atom is 0.407 e. The summed E-state index contributed by atoms with van der Waals surface area (Å²) >= 11 is 0. The van der Waals surface area contributed by atoms with Crippen molar-refractivity contribution in [2.45, 2.75) is 124 Å². The van der Waals surface area contributed by atoms with Crippen LogP contribution in [-0.2, 0) is 75.6 Å². The van der Waals surface area contributed by atoms with Gasteiger partial charge in [0, 0.05) is 38.3 Å². The highest BCUT2D eigenvalue weighted by Gasteiger charge is 2.46. The first-order valence-corrected chi connectivity index (χ1v) is 36.8. The summed E-state index contributed by atoms with van der Waals surface area (Å²) in [6, 6.07) is 27.0. The van der Waals surface area contributed by atoms with Crippen molar-refractivity contribution in [3.8, 4) is 34.5 Å². The first-order valence-electron chi connectivity index (χ1n) is 32.5. The zero-order chi connectivity index (χ0) is 69.7. The summed E-state index contributed by atoms with van der Waals surface area (Å²) in [7, 11) is -12.1. The van der Waals surface area contributed by atoms with Gasteiger partial charge in [-0.15, -0.1) is 0 Å². The molecule has 4 fully saturated rings. The molecule has 2 amide bonds. The SMILES string of the molecule is CC(C)CN(C[C@@H](O)[C@H](Cc1ccc(OCCO)cc1)NC(=O)O[C@H]1CO[C@H]2OCC[C@H]21)S(=O)(=O)c1ccc2c(c1)OCO2.Cc1ccc(S(=O)(=O)OCCOc2ccc(C[C@H](NC(=O)O[C@H]3CO[C@H]4OCC[C@H]43)[C@H](O)CN(CC(C)C)S(=O)(=O)c3ccc4c(c3)OCO4)cc2)cc1. The van der Waals surface area contributed by atoms with Crippen molar-refractivity contribution >= 4 is 42.4 Å². The minimum absolute atomic E-state index is 0.00607. The number of benzene rings is 5. The van der Waals surface area contributed by atoms with Crippen LogP contribution in [0.3, 0.4) is 0 Å². The number of ether oxygens (including phenoxy) is 12. The molecule has 0 unspecified atom stereocenters. The van der Waals surface area contributed by atoms with E-state index in [1.807, 2.05) is 34.6 Å². The minimum atomic E-state index is -4.12. The Kier molecular flexibility index (Phi) is 25.1. The predicted octanol–water partition coefficient (Wildman–Crippen LogP) is 5.51. The number of aliphatic hydroxyl groups excluding tert-OH is 3. The molecule has 536 valence electrons. The molecule has 0 spiro atoms. The lowest BCUT2D eigenvalue weighted by molar-refractivity contribution is -0.0909. The number of fused-ring (bicyclic) bond motifs is 4. The molecule has 10 atom stereocenters. The number of nitrogens with zero attached hydrogens (tertiary/aromatic N) is 2. The molecule has 4 saturated heterocycles. The summed E-state index contributed by atoms with van der Waals surface area (Å²) in [5.74, 6) is 2.20. The van der Waals surface area contributed by atoms with Gasteiger partial charge in [0.05, 0.1) is 83.8 Å². The van der Waals surface area contributed by atoms with E-state index < -0.39 is 91.4 Å². The van der Waals surface area contributed by atoms with Crippen molar-refractivity contribution in [2.24, 2.45) is 23.7 Å². The first kappa shape index (κ1) is 73.6. The molecule has 0 radical (unpaired) electrons. The second-order valence-electron chi connectivity index (χ2n) is 25.2. The van der Waals surface area contributed by atoms with E-state index in [9.17, 15) is 45.1 Å². The Bertz CT molecular complexity index is 3810. The lowest BCUT2D eigenvalue weighted by Gasteiger charge is -2.31. The zero-order valence-electron chi connectivity index (χ0n) is 55.1. The van der Waals surface area contributed by atoms with Gasteiger partial charge >= 0.3 is 12.2 Å². The summed E-state index contributed by atoms with van der Waals surface area (Å²) in [5, 5.41) is 37.8. The van der Waals surface area contributed by atoms with Crippen molar-refractivity contribution in [2.75, 3.05) is 92.6 Å². The maximum absolute atomic E-state index is 14.0. The Labute approximate surface area is 570 Å². The summed E-state index contributed by atoms with van der Waals surface area (Å²) in [6.07, 6.45) is -4.39. The van der Waals surface area contributed by atoms with Crippen molar-refractivity contribution in [1.82, 2.24) is 19.2 Å². The maximum atomic E-state index is 14.0. The summed E-state index contributed by atoms with van der Waals surface area (Å²) in [4.78, 5) is 26.4. The normalized spacial score (nSPS) is 21.3. The Hall–Kier alpha value is -7.11. The van der Waals surface area contributed by atoms with Gasteiger partial charge in [0.15, 0.2) is 35.6 Å². The fraction of sp³-hybridized carbons (Fsp3) is 0.522. The van der Waals surface area contributed by atoms with Crippen LogP contribution in [0.4, 0.5) is 9.59 Å². The average molecular weight is 1430 g/mol. The van der Waals surface area contributed by atoms with E-state index in [0.717, 1.165) is 11.1 Å². The molecule has 28 nitrogen and oxygen atoms in total. The van der Waals surface area contributed by atoms with Crippen LogP contribution in [0.1, 0.15) is 57.2 Å². The van der Waals surface area contributed by atoms with Crippen LogP contribution >= 0.6 is 0 Å². The molecule has 0 aliphatic carbocycles. The lowest BCUT2D eigenvalue weighted by atomic mass is 10.0. The number of rotatable bonds is 31. The summed E-state index contributed by atoms with van der Waals surface area (Å²) < 4.78 is 154. The van der Waals surface area contributed by atoms with Gasteiger partial charge < -0.3 is 82.8 Å². The highest BCUT2D eigenvalue weighted by Crippen LogP contribution is 2.38. The highest BCUT2D eigenvalue weighted by molar-refractivity contribution is 7.89. The van der Waals surface area contributed by atoms with Crippen LogP contribution in [0.25, 0.3) is 0 Å². The van der Waals surface area contributed by atoms with Gasteiger partial charge in [0.1, 0.15) is 43.5 Å². The van der Waals surface area contributed by atoms with E-state index in [4.69, 9.17) is 66.1 Å². The highest BCUT2D eigenvalue weighted by atomic mass is 32.2. The fourth-order valence-corrected chi connectivity index (χ4v) is 16.1. The molecule has 6 aliphatic heterocycles. The van der Waals surface area contributed by atoms with Gasteiger partial charge in [-0.05, 0) is 116 Å².